The quantitative estimate of drug-likeness (QED) is 0.738. The number of phenolic OH excluding ortho intramolecular Hbond substituents is 1. The number of carbonyl (C=O) groups is 1. The first kappa shape index (κ1) is 21.0. The van der Waals surface area contributed by atoms with Crippen molar-refractivity contribution in [2.24, 2.45) is 23.2 Å². The van der Waals surface area contributed by atoms with Crippen molar-refractivity contribution in [2.75, 3.05) is 26.3 Å². The van der Waals surface area contributed by atoms with E-state index in [2.05, 4.69) is 13.0 Å². The molecular weight excluding hydrogens is 393 g/mol. The Hall–Kier alpha value is -1.88. The number of nitrogens with zero attached hydrogens (tertiary/aromatic N) is 1. The number of ether oxygens (including phenoxy) is 1. The number of allylic oxidation sites excluding steroid dienone is 2. The van der Waals surface area contributed by atoms with Crippen molar-refractivity contribution >= 4 is 5.91 Å². The molecule has 168 valence electrons. The van der Waals surface area contributed by atoms with Gasteiger partial charge in [-0.15, -0.1) is 0 Å². The van der Waals surface area contributed by atoms with Crippen LogP contribution in [0.3, 0.4) is 0 Å². The lowest BCUT2D eigenvalue weighted by molar-refractivity contribution is -0.135. The predicted octanol–water partition coefficient (Wildman–Crippen LogP) is 4.97. The highest BCUT2D eigenvalue weighted by Crippen LogP contribution is 2.63. The molecule has 5 atom stereocenters. The summed E-state index contributed by atoms with van der Waals surface area (Å²) in [5.41, 5.74) is 2.28. The number of hydrogen-bond donors (Lipinski definition) is 1. The summed E-state index contributed by atoms with van der Waals surface area (Å²) in [5.74, 6) is 2.09. The van der Waals surface area contributed by atoms with E-state index in [4.69, 9.17) is 4.74 Å². The minimum atomic E-state index is -0.353. The van der Waals surface area contributed by atoms with Gasteiger partial charge in [0.15, 0.2) is 0 Å². The van der Waals surface area contributed by atoms with Crippen LogP contribution in [0.2, 0.25) is 0 Å². The fourth-order valence-corrected chi connectivity index (χ4v) is 7.09. The fraction of sp³-hybridized carbons (Fsp3) is 0.654. The van der Waals surface area contributed by atoms with Crippen LogP contribution >= 0.6 is 0 Å². The molecule has 31 heavy (non-hydrogen) atoms. The summed E-state index contributed by atoms with van der Waals surface area (Å²) in [7, 11) is 0. The zero-order valence-electron chi connectivity index (χ0n) is 18.5. The topological polar surface area (TPSA) is 49.8 Å². The molecule has 0 bridgehead atoms. The van der Waals surface area contributed by atoms with Gasteiger partial charge in [0, 0.05) is 24.9 Å². The molecule has 0 aromatic heterocycles. The van der Waals surface area contributed by atoms with Crippen molar-refractivity contribution < 1.29 is 19.0 Å². The van der Waals surface area contributed by atoms with Crippen molar-refractivity contribution in [3.8, 4) is 5.75 Å². The van der Waals surface area contributed by atoms with Gasteiger partial charge in [-0.25, -0.2) is 4.39 Å². The van der Waals surface area contributed by atoms with Crippen molar-refractivity contribution in [3.63, 3.8) is 0 Å². The molecule has 4 aliphatic rings. The van der Waals surface area contributed by atoms with Crippen LogP contribution in [0, 0.1) is 23.2 Å². The highest BCUT2D eigenvalue weighted by Gasteiger charge is 2.55. The van der Waals surface area contributed by atoms with E-state index in [1.807, 2.05) is 17.0 Å². The standard InChI is InChI=1S/C26H34FNO3/c1-26-10-9-21-20-8-6-19(29)15-17(20)5-7-22(21)25(26)18(16-23(26)27)3-2-4-24(30)28-11-13-31-14-12-28/h6,8,15-16,18,21-22,25,29H,2-5,7,9-14H2,1H3/t18-,21+,22+,25-,26+/m0/s1. The normalized spacial score (nSPS) is 34.5. The minimum absolute atomic E-state index is 0.0805. The number of fused-ring (bicyclic) bond motifs is 5. The maximum atomic E-state index is 15.2. The van der Waals surface area contributed by atoms with Crippen LogP contribution in [0.4, 0.5) is 4.39 Å². The SMILES string of the molecule is C[C@]12CC[C@@H]3c4ccc(O)cc4CC[C@H]3[C@@H]1[C@@H](CCCC(=O)N1CCOCC1)C=C2F. The molecule has 1 aromatic carbocycles. The summed E-state index contributed by atoms with van der Waals surface area (Å²) in [6.45, 7) is 4.77. The Bertz CT molecular complexity index is 877. The molecule has 1 saturated heterocycles. The highest BCUT2D eigenvalue weighted by molar-refractivity contribution is 5.76. The van der Waals surface area contributed by atoms with Crippen LogP contribution in [0.5, 0.6) is 5.75 Å². The molecule has 0 spiro atoms. The summed E-state index contributed by atoms with van der Waals surface area (Å²) < 4.78 is 20.6. The molecule has 1 saturated carbocycles. The Morgan fingerprint density at radius 2 is 2.10 bits per heavy atom. The lowest BCUT2D eigenvalue weighted by Crippen LogP contribution is -2.43. The van der Waals surface area contributed by atoms with Gasteiger partial charge in [0.2, 0.25) is 5.91 Å². The van der Waals surface area contributed by atoms with E-state index in [0.29, 0.717) is 56.2 Å². The van der Waals surface area contributed by atoms with Crippen LogP contribution in [0.25, 0.3) is 0 Å². The zero-order valence-corrected chi connectivity index (χ0v) is 18.5. The van der Waals surface area contributed by atoms with Crippen molar-refractivity contribution in [2.45, 2.75) is 57.8 Å². The smallest absolute Gasteiger partial charge is 0.222 e. The third kappa shape index (κ3) is 3.69. The van der Waals surface area contributed by atoms with Gasteiger partial charge in [-0.05, 0) is 91.5 Å². The van der Waals surface area contributed by atoms with Gasteiger partial charge in [0.05, 0.1) is 13.2 Å². The second kappa shape index (κ2) is 8.23. The lowest BCUT2D eigenvalue weighted by atomic mass is 9.53. The maximum absolute atomic E-state index is 15.2. The monoisotopic (exact) mass is 427 g/mol. The molecule has 1 aromatic rings. The van der Waals surface area contributed by atoms with Gasteiger partial charge >= 0.3 is 0 Å². The number of amides is 1. The number of halogens is 1. The van der Waals surface area contributed by atoms with Gasteiger partial charge in [0.25, 0.3) is 0 Å². The van der Waals surface area contributed by atoms with Crippen molar-refractivity contribution in [1.29, 1.82) is 0 Å². The predicted molar refractivity (Wildman–Crippen MR) is 117 cm³/mol. The lowest BCUT2D eigenvalue weighted by Gasteiger charge is -2.51. The van der Waals surface area contributed by atoms with E-state index < -0.39 is 0 Å². The highest BCUT2D eigenvalue weighted by atomic mass is 19.1. The Labute approximate surface area is 184 Å². The molecule has 0 radical (unpaired) electrons. The molecule has 5 rings (SSSR count). The minimum Gasteiger partial charge on any atom is -0.508 e. The molecule has 4 nitrogen and oxygen atoms in total. The number of aromatic hydroxyl groups is 1. The summed E-state index contributed by atoms with van der Waals surface area (Å²) in [6, 6.07) is 5.82. The van der Waals surface area contributed by atoms with Crippen LogP contribution in [0.15, 0.2) is 30.1 Å². The molecule has 1 heterocycles. The Morgan fingerprint density at radius 1 is 1.29 bits per heavy atom. The number of aryl methyl sites for hydroxylation is 1. The summed E-state index contributed by atoms with van der Waals surface area (Å²) in [5, 5.41) is 9.89. The van der Waals surface area contributed by atoms with Gasteiger partial charge in [0.1, 0.15) is 11.6 Å². The number of rotatable bonds is 4. The number of hydrogen-bond acceptors (Lipinski definition) is 3. The average Bonchev–Trinajstić information content (AvgIpc) is 3.04. The molecule has 0 unspecified atom stereocenters. The molecule has 1 N–H and O–H groups in total. The van der Waals surface area contributed by atoms with E-state index in [-0.39, 0.29) is 23.1 Å². The first-order chi connectivity index (χ1) is 15.0. The first-order valence-electron chi connectivity index (χ1n) is 12.0. The van der Waals surface area contributed by atoms with Crippen LogP contribution in [-0.4, -0.2) is 42.2 Å². The Morgan fingerprint density at radius 3 is 2.90 bits per heavy atom. The van der Waals surface area contributed by atoms with E-state index in [1.54, 1.807) is 6.07 Å². The number of benzene rings is 1. The number of carbonyl (C=O) groups excluding carboxylic acids is 1. The second-order valence-electron chi connectivity index (χ2n) is 10.2. The molecule has 5 heteroatoms. The average molecular weight is 428 g/mol. The Balaban J connectivity index is 1.29. The van der Waals surface area contributed by atoms with Crippen molar-refractivity contribution in [3.05, 3.63) is 41.2 Å². The van der Waals surface area contributed by atoms with Crippen molar-refractivity contribution in [1.82, 2.24) is 4.90 Å². The largest absolute Gasteiger partial charge is 0.508 e. The van der Waals surface area contributed by atoms with Crippen LogP contribution in [0.1, 0.15) is 62.5 Å². The summed E-state index contributed by atoms with van der Waals surface area (Å²) in [6.07, 6.45) is 8.06. The second-order valence-corrected chi connectivity index (χ2v) is 10.2. The number of phenols is 1. The molecular formula is C26H34FNO3. The van der Waals surface area contributed by atoms with Crippen LogP contribution in [-0.2, 0) is 16.0 Å². The molecule has 2 fully saturated rings. The van der Waals surface area contributed by atoms with E-state index in [9.17, 15) is 9.90 Å². The molecule has 1 amide bonds. The summed E-state index contributed by atoms with van der Waals surface area (Å²) in [4.78, 5) is 14.4. The van der Waals surface area contributed by atoms with Gasteiger partial charge < -0.3 is 14.7 Å². The fourth-order valence-electron chi connectivity index (χ4n) is 7.09. The maximum Gasteiger partial charge on any atom is 0.222 e. The van der Waals surface area contributed by atoms with E-state index in [0.717, 1.165) is 38.5 Å². The molecule has 1 aliphatic heterocycles. The number of morpholine rings is 1. The van der Waals surface area contributed by atoms with Gasteiger partial charge in [-0.2, -0.15) is 0 Å². The van der Waals surface area contributed by atoms with E-state index in [1.165, 1.54) is 11.1 Å². The first-order valence-corrected chi connectivity index (χ1v) is 12.0. The van der Waals surface area contributed by atoms with Crippen LogP contribution < -0.4 is 0 Å². The Kier molecular flexibility index (Phi) is 5.58. The molecule has 3 aliphatic carbocycles. The van der Waals surface area contributed by atoms with E-state index >= 15 is 4.39 Å². The summed E-state index contributed by atoms with van der Waals surface area (Å²) >= 11 is 0. The van der Waals surface area contributed by atoms with Gasteiger partial charge in [-0.1, -0.05) is 13.0 Å². The zero-order chi connectivity index (χ0) is 21.6. The van der Waals surface area contributed by atoms with Gasteiger partial charge in [-0.3, -0.25) is 4.79 Å². The third-order valence-electron chi connectivity index (χ3n) is 8.62. The third-order valence-corrected chi connectivity index (χ3v) is 8.62.